The Morgan fingerprint density at radius 3 is 2.42 bits per heavy atom. The summed E-state index contributed by atoms with van der Waals surface area (Å²) in [6.07, 6.45) is 4.31. The number of urea groups is 1. The van der Waals surface area contributed by atoms with Gasteiger partial charge in [0.25, 0.3) is 0 Å². The molecule has 0 bridgehead atoms. The zero-order valence-electron chi connectivity index (χ0n) is 11.9. The van der Waals surface area contributed by atoms with Crippen LogP contribution in [-0.2, 0) is 4.79 Å². The monoisotopic (exact) mass is 288 g/mol. The molecule has 1 atom stereocenters. The number of amides is 2. The van der Waals surface area contributed by atoms with Crippen molar-refractivity contribution in [1.29, 1.82) is 0 Å². The van der Waals surface area contributed by atoms with Crippen molar-refractivity contribution in [3.8, 4) is 0 Å². The molecule has 1 unspecified atom stereocenters. The summed E-state index contributed by atoms with van der Waals surface area (Å²) in [5, 5.41) is 11.7. The van der Waals surface area contributed by atoms with Gasteiger partial charge >= 0.3 is 12.0 Å². The van der Waals surface area contributed by atoms with Crippen LogP contribution in [-0.4, -0.2) is 53.1 Å². The molecule has 0 radical (unpaired) electrons. The molecule has 0 aromatic carbocycles. The van der Waals surface area contributed by atoms with E-state index in [9.17, 15) is 9.59 Å². The number of carbonyl (C=O) groups excluding carboxylic acids is 1. The standard InChI is InChI=1S/C13H24N2O3S/c1-13(2)5-7-15(8-6-13)12(18)14-10(11(16)17)4-9-19-3/h10H,4-9H2,1-3H3,(H,14,18)(H,16,17). The third-order valence-electron chi connectivity index (χ3n) is 3.61. The SMILES string of the molecule is CSCCC(NC(=O)N1CCC(C)(C)CC1)C(=O)O. The lowest BCUT2D eigenvalue weighted by atomic mass is 9.83. The Hall–Kier alpha value is -0.910. The van der Waals surface area contributed by atoms with Gasteiger partial charge in [-0.25, -0.2) is 9.59 Å². The minimum absolute atomic E-state index is 0.246. The predicted octanol–water partition coefficient (Wildman–Crippen LogP) is 2.02. The van der Waals surface area contributed by atoms with Gasteiger partial charge in [0.15, 0.2) is 0 Å². The average Bonchev–Trinajstić information content (AvgIpc) is 2.33. The molecule has 1 heterocycles. The van der Waals surface area contributed by atoms with Crippen LogP contribution in [0.25, 0.3) is 0 Å². The fraction of sp³-hybridized carbons (Fsp3) is 0.846. The van der Waals surface area contributed by atoms with Gasteiger partial charge in [0.2, 0.25) is 0 Å². The quantitative estimate of drug-likeness (QED) is 0.812. The highest BCUT2D eigenvalue weighted by atomic mass is 32.2. The molecule has 1 rings (SSSR count). The summed E-state index contributed by atoms with van der Waals surface area (Å²) in [5.41, 5.74) is 0.280. The third-order valence-corrected chi connectivity index (χ3v) is 4.25. The Kier molecular flexibility index (Phi) is 5.97. The van der Waals surface area contributed by atoms with Crippen LogP contribution in [0.3, 0.4) is 0 Å². The van der Waals surface area contributed by atoms with Gasteiger partial charge in [-0.1, -0.05) is 13.8 Å². The molecule has 2 amide bonds. The molecule has 19 heavy (non-hydrogen) atoms. The molecule has 0 aromatic heterocycles. The third kappa shape index (κ3) is 5.30. The first-order valence-electron chi connectivity index (χ1n) is 6.63. The van der Waals surface area contributed by atoms with Crippen LogP contribution in [0, 0.1) is 5.41 Å². The highest BCUT2D eigenvalue weighted by Crippen LogP contribution is 2.29. The molecule has 0 spiro atoms. The van der Waals surface area contributed by atoms with E-state index in [-0.39, 0.29) is 11.4 Å². The molecule has 0 aromatic rings. The van der Waals surface area contributed by atoms with E-state index < -0.39 is 12.0 Å². The number of thioether (sulfide) groups is 1. The maximum atomic E-state index is 12.0. The van der Waals surface area contributed by atoms with Crippen LogP contribution in [0.4, 0.5) is 4.79 Å². The Bertz CT molecular complexity index is 324. The van der Waals surface area contributed by atoms with Gasteiger partial charge in [0.05, 0.1) is 0 Å². The lowest BCUT2D eigenvalue weighted by Gasteiger charge is -2.37. The summed E-state index contributed by atoms with van der Waals surface area (Å²) in [6.45, 7) is 5.79. The zero-order valence-corrected chi connectivity index (χ0v) is 12.8. The molecular formula is C13H24N2O3S. The van der Waals surface area contributed by atoms with Crippen LogP contribution in [0.2, 0.25) is 0 Å². The number of aliphatic carboxylic acids is 1. The summed E-state index contributed by atoms with van der Waals surface area (Å²) in [4.78, 5) is 24.8. The van der Waals surface area contributed by atoms with Crippen molar-refractivity contribution in [2.24, 2.45) is 5.41 Å². The first kappa shape index (κ1) is 16.1. The van der Waals surface area contributed by atoms with Crippen LogP contribution >= 0.6 is 11.8 Å². The number of hydrogen-bond donors (Lipinski definition) is 2. The lowest BCUT2D eigenvalue weighted by molar-refractivity contribution is -0.139. The van der Waals surface area contributed by atoms with Crippen molar-refractivity contribution in [1.82, 2.24) is 10.2 Å². The van der Waals surface area contributed by atoms with E-state index in [1.165, 1.54) is 0 Å². The molecule has 0 aliphatic carbocycles. The molecule has 5 nitrogen and oxygen atoms in total. The number of rotatable bonds is 5. The van der Waals surface area contributed by atoms with Crippen molar-refractivity contribution >= 4 is 23.8 Å². The van der Waals surface area contributed by atoms with Crippen LogP contribution < -0.4 is 5.32 Å². The molecule has 1 fully saturated rings. The highest BCUT2D eigenvalue weighted by molar-refractivity contribution is 7.98. The van der Waals surface area contributed by atoms with Crippen molar-refractivity contribution in [2.75, 3.05) is 25.1 Å². The minimum atomic E-state index is -0.959. The molecular weight excluding hydrogens is 264 g/mol. The van der Waals surface area contributed by atoms with Crippen LogP contribution in [0.15, 0.2) is 0 Å². The molecule has 110 valence electrons. The predicted molar refractivity (Wildman–Crippen MR) is 77.5 cm³/mol. The minimum Gasteiger partial charge on any atom is -0.480 e. The van der Waals surface area contributed by atoms with E-state index in [2.05, 4.69) is 19.2 Å². The molecule has 1 aliphatic rings. The normalized spacial score (nSPS) is 19.8. The van der Waals surface area contributed by atoms with E-state index in [1.807, 2.05) is 6.26 Å². The molecule has 2 N–H and O–H groups in total. The van der Waals surface area contributed by atoms with E-state index in [1.54, 1.807) is 16.7 Å². The van der Waals surface area contributed by atoms with Crippen LogP contribution in [0.1, 0.15) is 33.1 Å². The fourth-order valence-electron chi connectivity index (χ4n) is 2.05. The summed E-state index contributed by atoms with van der Waals surface area (Å²) in [7, 11) is 0. The summed E-state index contributed by atoms with van der Waals surface area (Å²) in [5.74, 6) is -0.232. The second kappa shape index (κ2) is 7.03. The molecule has 0 saturated carbocycles. The Balaban J connectivity index is 2.46. The molecule has 1 saturated heterocycles. The molecule has 1 aliphatic heterocycles. The van der Waals surface area contributed by atoms with E-state index in [0.29, 0.717) is 19.5 Å². The first-order valence-corrected chi connectivity index (χ1v) is 8.02. The van der Waals surface area contributed by atoms with Gasteiger partial charge in [-0.15, -0.1) is 0 Å². The van der Waals surface area contributed by atoms with Crippen molar-refractivity contribution in [2.45, 2.75) is 39.2 Å². The summed E-state index contributed by atoms with van der Waals surface area (Å²) >= 11 is 1.58. The second-order valence-electron chi connectivity index (χ2n) is 5.77. The highest BCUT2D eigenvalue weighted by Gasteiger charge is 2.29. The number of likely N-dealkylation sites (tertiary alicyclic amines) is 1. The van der Waals surface area contributed by atoms with Gasteiger partial charge in [0, 0.05) is 13.1 Å². The topological polar surface area (TPSA) is 69.6 Å². The number of nitrogens with zero attached hydrogens (tertiary/aromatic N) is 1. The smallest absolute Gasteiger partial charge is 0.326 e. The largest absolute Gasteiger partial charge is 0.480 e. The van der Waals surface area contributed by atoms with Gasteiger partial charge in [-0.05, 0) is 36.7 Å². The van der Waals surface area contributed by atoms with Crippen molar-refractivity contribution in [3.05, 3.63) is 0 Å². The Morgan fingerprint density at radius 2 is 1.95 bits per heavy atom. The maximum Gasteiger partial charge on any atom is 0.326 e. The number of carboxylic acid groups (broad SMARTS) is 1. The molecule has 6 heteroatoms. The Morgan fingerprint density at radius 1 is 1.37 bits per heavy atom. The van der Waals surface area contributed by atoms with Crippen molar-refractivity contribution < 1.29 is 14.7 Å². The van der Waals surface area contributed by atoms with E-state index in [0.717, 1.165) is 18.6 Å². The zero-order chi connectivity index (χ0) is 14.5. The number of piperidine rings is 1. The first-order chi connectivity index (χ1) is 8.85. The number of nitrogens with one attached hydrogen (secondary N) is 1. The number of hydrogen-bond acceptors (Lipinski definition) is 3. The van der Waals surface area contributed by atoms with Crippen molar-refractivity contribution in [3.63, 3.8) is 0 Å². The fourth-order valence-corrected chi connectivity index (χ4v) is 2.52. The maximum absolute atomic E-state index is 12.0. The van der Waals surface area contributed by atoms with Crippen LogP contribution in [0.5, 0.6) is 0 Å². The average molecular weight is 288 g/mol. The van der Waals surface area contributed by atoms with Gasteiger partial charge in [-0.2, -0.15) is 11.8 Å². The summed E-state index contributed by atoms with van der Waals surface area (Å²) in [6, 6.07) is -1.03. The Labute approximate surface area is 119 Å². The van der Waals surface area contributed by atoms with Gasteiger partial charge in [-0.3, -0.25) is 0 Å². The number of carbonyl (C=O) groups is 2. The van der Waals surface area contributed by atoms with E-state index >= 15 is 0 Å². The van der Waals surface area contributed by atoms with E-state index in [4.69, 9.17) is 5.11 Å². The number of carboxylic acids is 1. The van der Waals surface area contributed by atoms with Gasteiger partial charge < -0.3 is 15.3 Å². The van der Waals surface area contributed by atoms with Gasteiger partial charge in [0.1, 0.15) is 6.04 Å². The second-order valence-corrected chi connectivity index (χ2v) is 6.76. The summed E-state index contributed by atoms with van der Waals surface area (Å²) < 4.78 is 0. The lowest BCUT2D eigenvalue weighted by Crippen LogP contribution is -2.51.